The molecule has 2 aromatic carbocycles. The van der Waals surface area contributed by atoms with E-state index in [1.807, 2.05) is 31.2 Å². The summed E-state index contributed by atoms with van der Waals surface area (Å²) in [6.45, 7) is 1.92. The summed E-state index contributed by atoms with van der Waals surface area (Å²) in [6.07, 6.45) is 0. The monoisotopic (exact) mass is 343 g/mol. The molecular formula is C16H14FN5OS. The first-order valence-electron chi connectivity index (χ1n) is 7.16. The fraction of sp³-hybridized carbons (Fsp3) is 0.125. The van der Waals surface area contributed by atoms with E-state index in [2.05, 4.69) is 20.8 Å². The number of halogens is 1. The number of anilines is 1. The number of carbonyl (C=O) groups excluding carboxylic acids is 1. The summed E-state index contributed by atoms with van der Waals surface area (Å²) >= 11 is 1.18. The van der Waals surface area contributed by atoms with E-state index < -0.39 is 0 Å². The van der Waals surface area contributed by atoms with Crippen LogP contribution in [0.15, 0.2) is 53.7 Å². The van der Waals surface area contributed by atoms with Crippen molar-refractivity contribution in [3.8, 4) is 5.69 Å². The number of hydrogen-bond donors (Lipinski definition) is 1. The Kier molecular flexibility index (Phi) is 4.85. The van der Waals surface area contributed by atoms with Crippen LogP contribution in [0.1, 0.15) is 5.56 Å². The summed E-state index contributed by atoms with van der Waals surface area (Å²) in [7, 11) is 0. The van der Waals surface area contributed by atoms with Crippen molar-refractivity contribution in [2.24, 2.45) is 0 Å². The lowest BCUT2D eigenvalue weighted by molar-refractivity contribution is -0.113. The van der Waals surface area contributed by atoms with Gasteiger partial charge < -0.3 is 5.32 Å². The summed E-state index contributed by atoms with van der Waals surface area (Å²) in [6, 6.07) is 13.5. The lowest BCUT2D eigenvalue weighted by Crippen LogP contribution is -2.15. The zero-order chi connectivity index (χ0) is 16.9. The van der Waals surface area contributed by atoms with Crippen molar-refractivity contribution in [3.05, 3.63) is 59.9 Å². The number of nitrogens with one attached hydrogen (secondary N) is 1. The third kappa shape index (κ3) is 3.77. The minimum atomic E-state index is -0.378. The van der Waals surface area contributed by atoms with Crippen molar-refractivity contribution in [2.75, 3.05) is 11.1 Å². The normalized spacial score (nSPS) is 10.6. The van der Waals surface area contributed by atoms with Gasteiger partial charge in [-0.3, -0.25) is 4.79 Å². The molecule has 122 valence electrons. The fourth-order valence-electron chi connectivity index (χ4n) is 2.07. The third-order valence-corrected chi connectivity index (χ3v) is 4.16. The van der Waals surface area contributed by atoms with Crippen LogP contribution in [0.4, 0.5) is 10.1 Å². The highest BCUT2D eigenvalue weighted by Crippen LogP contribution is 2.19. The van der Waals surface area contributed by atoms with E-state index in [0.717, 1.165) is 11.3 Å². The van der Waals surface area contributed by atoms with Crippen molar-refractivity contribution in [2.45, 2.75) is 12.1 Å². The molecule has 0 aliphatic heterocycles. The first-order chi connectivity index (χ1) is 11.6. The highest BCUT2D eigenvalue weighted by Gasteiger charge is 2.12. The molecule has 3 aromatic rings. The number of tetrazole rings is 1. The maximum atomic E-state index is 13.3. The molecule has 3 rings (SSSR count). The van der Waals surface area contributed by atoms with Crippen LogP contribution in [-0.2, 0) is 4.79 Å². The van der Waals surface area contributed by atoms with Gasteiger partial charge in [-0.1, -0.05) is 36.0 Å². The molecule has 0 bridgehead atoms. The molecule has 24 heavy (non-hydrogen) atoms. The lowest BCUT2D eigenvalue weighted by atomic mass is 10.2. The summed E-state index contributed by atoms with van der Waals surface area (Å²) < 4.78 is 14.7. The predicted molar refractivity (Wildman–Crippen MR) is 89.6 cm³/mol. The summed E-state index contributed by atoms with van der Waals surface area (Å²) in [4.78, 5) is 12.1. The topological polar surface area (TPSA) is 72.7 Å². The summed E-state index contributed by atoms with van der Waals surface area (Å²) in [5.74, 6) is -0.399. The van der Waals surface area contributed by atoms with Crippen LogP contribution in [0.5, 0.6) is 0 Å². The quantitative estimate of drug-likeness (QED) is 0.721. The second-order valence-corrected chi connectivity index (χ2v) is 5.95. The number of hydrogen-bond acceptors (Lipinski definition) is 5. The Bertz CT molecular complexity index is 867. The molecule has 1 aromatic heterocycles. The first-order valence-corrected chi connectivity index (χ1v) is 8.14. The fourth-order valence-corrected chi connectivity index (χ4v) is 2.76. The van der Waals surface area contributed by atoms with E-state index in [9.17, 15) is 9.18 Å². The largest absolute Gasteiger partial charge is 0.325 e. The van der Waals surface area contributed by atoms with E-state index >= 15 is 0 Å². The Balaban J connectivity index is 1.67. The van der Waals surface area contributed by atoms with Crippen LogP contribution in [0.25, 0.3) is 5.69 Å². The number of para-hydroxylation sites is 1. The first kappa shape index (κ1) is 16.1. The van der Waals surface area contributed by atoms with Crippen LogP contribution in [-0.4, -0.2) is 31.9 Å². The SMILES string of the molecule is Cc1ccccc1NC(=O)CSc1nnnn1-c1cccc(F)c1. The molecule has 0 radical (unpaired) electrons. The smallest absolute Gasteiger partial charge is 0.234 e. The van der Waals surface area contributed by atoms with E-state index in [4.69, 9.17) is 0 Å². The van der Waals surface area contributed by atoms with Crippen molar-refractivity contribution < 1.29 is 9.18 Å². The number of aryl methyl sites for hydroxylation is 1. The van der Waals surface area contributed by atoms with Gasteiger partial charge in [-0.25, -0.2) is 4.39 Å². The molecule has 8 heteroatoms. The van der Waals surface area contributed by atoms with E-state index in [1.54, 1.807) is 12.1 Å². The zero-order valence-electron chi connectivity index (χ0n) is 12.8. The number of benzene rings is 2. The van der Waals surface area contributed by atoms with Crippen LogP contribution in [0, 0.1) is 12.7 Å². The molecule has 0 fully saturated rings. The van der Waals surface area contributed by atoms with Gasteiger partial charge in [-0.05, 0) is 47.2 Å². The summed E-state index contributed by atoms with van der Waals surface area (Å²) in [5, 5.41) is 14.6. The number of nitrogens with zero attached hydrogens (tertiary/aromatic N) is 4. The maximum absolute atomic E-state index is 13.3. The number of aromatic nitrogens is 4. The summed E-state index contributed by atoms with van der Waals surface area (Å²) in [5.41, 5.74) is 2.26. The number of amides is 1. The lowest BCUT2D eigenvalue weighted by Gasteiger charge is -2.08. The third-order valence-electron chi connectivity index (χ3n) is 3.25. The van der Waals surface area contributed by atoms with Crippen molar-refractivity contribution in [1.82, 2.24) is 20.2 Å². The van der Waals surface area contributed by atoms with E-state index in [1.165, 1.54) is 28.6 Å². The molecule has 0 saturated carbocycles. The minimum absolute atomic E-state index is 0.143. The maximum Gasteiger partial charge on any atom is 0.234 e. The molecule has 1 heterocycles. The van der Waals surface area contributed by atoms with Crippen molar-refractivity contribution in [3.63, 3.8) is 0 Å². The Morgan fingerprint density at radius 1 is 1.25 bits per heavy atom. The van der Waals surface area contributed by atoms with Crippen molar-refractivity contribution in [1.29, 1.82) is 0 Å². The molecular weight excluding hydrogens is 329 g/mol. The van der Waals surface area contributed by atoms with Crippen LogP contribution >= 0.6 is 11.8 Å². The predicted octanol–water partition coefficient (Wildman–Crippen LogP) is 2.84. The molecule has 0 aliphatic carbocycles. The Morgan fingerprint density at radius 3 is 2.88 bits per heavy atom. The molecule has 1 amide bonds. The van der Waals surface area contributed by atoms with E-state index in [-0.39, 0.29) is 17.5 Å². The molecule has 0 unspecified atom stereocenters. The average Bonchev–Trinajstić information content (AvgIpc) is 3.04. The molecule has 0 spiro atoms. The van der Waals surface area contributed by atoms with Crippen LogP contribution in [0.3, 0.4) is 0 Å². The molecule has 0 aliphatic rings. The standard InChI is InChI=1S/C16H14FN5OS/c1-11-5-2-3-8-14(11)18-15(23)10-24-16-19-20-21-22(16)13-7-4-6-12(17)9-13/h2-9H,10H2,1H3,(H,18,23). The van der Waals surface area contributed by atoms with Crippen molar-refractivity contribution >= 4 is 23.4 Å². The van der Waals surface area contributed by atoms with Gasteiger partial charge in [0, 0.05) is 5.69 Å². The Hall–Kier alpha value is -2.74. The highest BCUT2D eigenvalue weighted by atomic mass is 32.2. The average molecular weight is 343 g/mol. The number of thioether (sulfide) groups is 1. The Morgan fingerprint density at radius 2 is 2.08 bits per heavy atom. The minimum Gasteiger partial charge on any atom is -0.325 e. The zero-order valence-corrected chi connectivity index (χ0v) is 13.6. The number of rotatable bonds is 5. The number of carbonyl (C=O) groups is 1. The molecule has 0 saturated heterocycles. The van der Waals surface area contributed by atoms with Crippen LogP contribution in [0.2, 0.25) is 0 Å². The second-order valence-electron chi connectivity index (χ2n) is 5.00. The van der Waals surface area contributed by atoms with Gasteiger partial charge in [-0.2, -0.15) is 4.68 Å². The van der Waals surface area contributed by atoms with Crippen LogP contribution < -0.4 is 5.32 Å². The van der Waals surface area contributed by atoms with Gasteiger partial charge in [0.2, 0.25) is 11.1 Å². The second kappa shape index (κ2) is 7.22. The van der Waals surface area contributed by atoms with Gasteiger partial charge in [0.15, 0.2) is 0 Å². The Labute approximate surface area is 142 Å². The van der Waals surface area contributed by atoms with Gasteiger partial charge in [0.1, 0.15) is 5.82 Å². The van der Waals surface area contributed by atoms with Gasteiger partial charge >= 0.3 is 0 Å². The van der Waals surface area contributed by atoms with E-state index in [0.29, 0.717) is 10.8 Å². The van der Waals surface area contributed by atoms with Gasteiger partial charge in [0.05, 0.1) is 11.4 Å². The highest BCUT2D eigenvalue weighted by molar-refractivity contribution is 7.99. The van der Waals surface area contributed by atoms with Gasteiger partial charge in [0.25, 0.3) is 0 Å². The molecule has 6 nitrogen and oxygen atoms in total. The molecule has 1 N–H and O–H groups in total. The molecule has 0 atom stereocenters. The van der Waals surface area contributed by atoms with Gasteiger partial charge in [-0.15, -0.1) is 5.10 Å².